The van der Waals surface area contributed by atoms with Gasteiger partial charge in [0.05, 0.1) is 11.7 Å². The Morgan fingerprint density at radius 2 is 2.16 bits per heavy atom. The van der Waals surface area contributed by atoms with Gasteiger partial charge in [-0.15, -0.1) is 0 Å². The minimum Gasteiger partial charge on any atom is -0.305 e. The summed E-state index contributed by atoms with van der Waals surface area (Å²) >= 11 is 6.40. The molecule has 4 heteroatoms. The lowest BCUT2D eigenvalue weighted by Gasteiger charge is -2.20. The van der Waals surface area contributed by atoms with Crippen molar-refractivity contribution in [2.24, 2.45) is 7.05 Å². The summed E-state index contributed by atoms with van der Waals surface area (Å²) in [7, 11) is 1.96. The number of nitrogens with one attached hydrogen (secondary N) is 1. The molecule has 1 unspecified atom stereocenters. The van der Waals surface area contributed by atoms with E-state index in [2.05, 4.69) is 29.5 Å². The van der Waals surface area contributed by atoms with Crippen LogP contribution in [0.25, 0.3) is 0 Å². The van der Waals surface area contributed by atoms with E-state index in [1.807, 2.05) is 37.0 Å². The van der Waals surface area contributed by atoms with E-state index in [1.54, 1.807) is 0 Å². The van der Waals surface area contributed by atoms with Gasteiger partial charge in [0.15, 0.2) is 0 Å². The molecule has 0 aliphatic carbocycles. The van der Waals surface area contributed by atoms with Crippen LogP contribution in [0.5, 0.6) is 0 Å². The fourth-order valence-electron chi connectivity index (χ4n) is 2.20. The van der Waals surface area contributed by atoms with Crippen molar-refractivity contribution in [3.8, 4) is 0 Å². The van der Waals surface area contributed by atoms with Crippen molar-refractivity contribution in [2.75, 3.05) is 6.54 Å². The van der Waals surface area contributed by atoms with E-state index in [-0.39, 0.29) is 6.04 Å². The lowest BCUT2D eigenvalue weighted by Crippen LogP contribution is -2.25. The summed E-state index contributed by atoms with van der Waals surface area (Å²) in [5.41, 5.74) is 3.40. The molecule has 0 spiro atoms. The van der Waals surface area contributed by atoms with Crippen LogP contribution in [-0.2, 0) is 7.05 Å². The van der Waals surface area contributed by atoms with Crippen molar-refractivity contribution in [3.05, 3.63) is 52.3 Å². The summed E-state index contributed by atoms with van der Waals surface area (Å²) in [4.78, 5) is 0. The summed E-state index contributed by atoms with van der Waals surface area (Å²) in [6.45, 7) is 5.15. The van der Waals surface area contributed by atoms with Crippen LogP contribution in [0.3, 0.4) is 0 Å². The summed E-state index contributed by atoms with van der Waals surface area (Å²) in [6, 6.07) is 8.31. The minimum atomic E-state index is 0.0838. The molecule has 0 fully saturated rings. The molecule has 102 valence electrons. The van der Waals surface area contributed by atoms with Crippen molar-refractivity contribution in [1.82, 2.24) is 15.1 Å². The van der Waals surface area contributed by atoms with E-state index < -0.39 is 0 Å². The lowest BCUT2D eigenvalue weighted by atomic mass is 10.0. The molecule has 3 nitrogen and oxygen atoms in total. The Labute approximate surface area is 119 Å². The Morgan fingerprint density at radius 1 is 1.37 bits per heavy atom. The molecule has 1 aromatic heterocycles. The number of benzene rings is 1. The molecule has 1 N–H and O–H groups in total. The largest absolute Gasteiger partial charge is 0.305 e. The third-order valence-electron chi connectivity index (χ3n) is 3.22. The maximum Gasteiger partial charge on any atom is 0.0762 e. The molecular formula is C15H20ClN3. The van der Waals surface area contributed by atoms with E-state index in [0.717, 1.165) is 29.2 Å². The van der Waals surface area contributed by atoms with Gasteiger partial charge in [0.25, 0.3) is 0 Å². The second kappa shape index (κ2) is 6.22. The Hall–Kier alpha value is -1.32. The Balaban J connectivity index is 2.40. The monoisotopic (exact) mass is 277 g/mol. The van der Waals surface area contributed by atoms with Crippen LogP contribution in [0.4, 0.5) is 0 Å². The summed E-state index contributed by atoms with van der Waals surface area (Å²) in [5.74, 6) is 0. The number of halogens is 1. The van der Waals surface area contributed by atoms with E-state index in [0.29, 0.717) is 0 Å². The fraction of sp³-hybridized carbons (Fsp3) is 0.400. The van der Waals surface area contributed by atoms with Gasteiger partial charge in [0.2, 0.25) is 0 Å². The number of aromatic nitrogens is 2. The molecule has 1 atom stereocenters. The van der Waals surface area contributed by atoms with Crippen molar-refractivity contribution in [1.29, 1.82) is 0 Å². The highest BCUT2D eigenvalue weighted by Gasteiger charge is 2.19. The highest BCUT2D eigenvalue weighted by Crippen LogP contribution is 2.28. The number of aryl methyl sites for hydroxylation is 2. The number of hydrogen-bond acceptors (Lipinski definition) is 2. The van der Waals surface area contributed by atoms with E-state index in [9.17, 15) is 0 Å². The Kier molecular flexibility index (Phi) is 4.61. The minimum absolute atomic E-state index is 0.0838. The number of rotatable bonds is 5. The molecule has 1 aromatic carbocycles. The van der Waals surface area contributed by atoms with Crippen LogP contribution in [0.2, 0.25) is 5.02 Å². The maximum atomic E-state index is 6.40. The van der Waals surface area contributed by atoms with Crippen LogP contribution < -0.4 is 5.32 Å². The molecule has 2 aromatic rings. The molecular weight excluding hydrogens is 258 g/mol. The van der Waals surface area contributed by atoms with Crippen LogP contribution in [-0.4, -0.2) is 16.3 Å². The van der Waals surface area contributed by atoms with Crippen molar-refractivity contribution in [3.63, 3.8) is 0 Å². The second-order valence-corrected chi connectivity index (χ2v) is 5.20. The van der Waals surface area contributed by atoms with Gasteiger partial charge in [0, 0.05) is 18.3 Å². The average Bonchev–Trinajstić information content (AvgIpc) is 2.78. The molecule has 2 rings (SSSR count). The van der Waals surface area contributed by atoms with Crippen molar-refractivity contribution in [2.45, 2.75) is 26.3 Å². The van der Waals surface area contributed by atoms with Crippen molar-refractivity contribution >= 4 is 11.6 Å². The zero-order chi connectivity index (χ0) is 13.8. The predicted octanol–water partition coefficient (Wildman–Crippen LogP) is 3.47. The fourth-order valence-corrected chi connectivity index (χ4v) is 2.54. The van der Waals surface area contributed by atoms with Crippen LogP contribution in [0, 0.1) is 6.92 Å². The molecule has 0 saturated heterocycles. The van der Waals surface area contributed by atoms with Gasteiger partial charge in [-0.25, -0.2) is 0 Å². The third-order valence-corrected chi connectivity index (χ3v) is 3.55. The molecule has 1 heterocycles. The normalized spacial score (nSPS) is 12.6. The smallest absolute Gasteiger partial charge is 0.0762 e. The maximum absolute atomic E-state index is 6.40. The molecule has 0 saturated carbocycles. The van der Waals surface area contributed by atoms with Gasteiger partial charge in [0.1, 0.15) is 0 Å². The second-order valence-electron chi connectivity index (χ2n) is 4.79. The van der Waals surface area contributed by atoms with Crippen LogP contribution in [0.1, 0.15) is 36.2 Å². The van der Waals surface area contributed by atoms with E-state index >= 15 is 0 Å². The SMILES string of the molecule is CCCNC(c1ccc(C)cc1Cl)c1ccnn1C. The first-order valence-corrected chi connectivity index (χ1v) is 6.98. The third kappa shape index (κ3) is 3.17. The Morgan fingerprint density at radius 3 is 2.74 bits per heavy atom. The zero-order valence-electron chi connectivity index (χ0n) is 11.7. The van der Waals surface area contributed by atoms with Gasteiger partial charge in [-0.3, -0.25) is 4.68 Å². The van der Waals surface area contributed by atoms with Gasteiger partial charge in [-0.05, 0) is 43.1 Å². The van der Waals surface area contributed by atoms with Gasteiger partial charge in [-0.2, -0.15) is 5.10 Å². The predicted molar refractivity (Wildman–Crippen MR) is 79.5 cm³/mol. The highest BCUT2D eigenvalue weighted by molar-refractivity contribution is 6.31. The first-order valence-electron chi connectivity index (χ1n) is 6.60. The quantitative estimate of drug-likeness (QED) is 0.907. The summed E-state index contributed by atoms with van der Waals surface area (Å²) < 4.78 is 1.89. The average molecular weight is 278 g/mol. The van der Waals surface area contributed by atoms with E-state index in [4.69, 9.17) is 11.6 Å². The highest BCUT2D eigenvalue weighted by atomic mass is 35.5. The van der Waals surface area contributed by atoms with Crippen molar-refractivity contribution < 1.29 is 0 Å². The van der Waals surface area contributed by atoms with Gasteiger partial charge < -0.3 is 5.32 Å². The van der Waals surface area contributed by atoms with Crippen LogP contribution in [0.15, 0.2) is 30.5 Å². The van der Waals surface area contributed by atoms with Crippen LogP contribution >= 0.6 is 11.6 Å². The zero-order valence-corrected chi connectivity index (χ0v) is 12.4. The lowest BCUT2D eigenvalue weighted by molar-refractivity contribution is 0.553. The summed E-state index contributed by atoms with van der Waals surface area (Å²) in [5, 5.41) is 8.60. The number of hydrogen-bond donors (Lipinski definition) is 1. The standard InChI is InChI=1S/C15H20ClN3/c1-4-8-17-15(14-7-9-18-19(14)3)12-6-5-11(2)10-13(12)16/h5-7,9-10,15,17H,4,8H2,1-3H3. The molecule has 0 aliphatic heterocycles. The Bertz CT molecular complexity index is 548. The molecule has 0 aliphatic rings. The van der Waals surface area contributed by atoms with Gasteiger partial charge >= 0.3 is 0 Å². The molecule has 0 bridgehead atoms. The molecule has 0 radical (unpaired) electrons. The number of nitrogens with zero attached hydrogens (tertiary/aromatic N) is 2. The first kappa shape index (κ1) is 14.1. The topological polar surface area (TPSA) is 29.9 Å². The van der Waals surface area contributed by atoms with Gasteiger partial charge in [-0.1, -0.05) is 30.7 Å². The summed E-state index contributed by atoms with van der Waals surface area (Å²) in [6.07, 6.45) is 2.90. The first-order chi connectivity index (χ1) is 9.13. The van der Waals surface area contributed by atoms with E-state index in [1.165, 1.54) is 5.56 Å². The molecule has 19 heavy (non-hydrogen) atoms. The molecule has 0 amide bonds.